The predicted molar refractivity (Wildman–Crippen MR) is 38.8 cm³/mol. The van der Waals surface area contributed by atoms with E-state index in [0.29, 0.717) is 0 Å². The molecule has 0 heterocycles. The highest BCUT2D eigenvalue weighted by Gasteiger charge is 2.01. The first-order chi connectivity index (χ1) is 7.13. The topological polar surface area (TPSA) is 216 Å². The van der Waals surface area contributed by atoms with Crippen molar-refractivity contribution in [3.05, 3.63) is 30.3 Å². The minimum absolute atomic E-state index is 0.178. The predicted octanol–water partition coefficient (Wildman–Crippen LogP) is -2.20. The van der Waals surface area contributed by atoms with E-state index in [0.717, 1.165) is 5.43 Å². The van der Waals surface area contributed by atoms with Crippen molar-refractivity contribution >= 4 is 12.2 Å². The van der Waals surface area contributed by atoms with Gasteiger partial charge < -0.3 is 10.4 Å². The van der Waals surface area contributed by atoms with Gasteiger partial charge in [-0.2, -0.15) is 0 Å². The van der Waals surface area contributed by atoms with Crippen molar-refractivity contribution in [2.45, 2.75) is 0 Å². The number of nitro groups is 1. The van der Waals surface area contributed by atoms with Crippen molar-refractivity contribution in [3.63, 3.8) is 0 Å². The third kappa shape index (κ3) is 125. The number of hydrogen-bond acceptors (Lipinski definition) is 8. The van der Waals surface area contributed by atoms with Gasteiger partial charge in [-0.3, -0.25) is 9.59 Å². The molecule has 14 nitrogen and oxygen atoms in total. The van der Waals surface area contributed by atoms with Crippen molar-refractivity contribution in [1.29, 1.82) is 0 Å². The number of rotatable bonds is 2. The average Bonchev–Trinajstić information content (AvgIpc) is 2.00. The molecule has 0 fully saturated rings. The van der Waals surface area contributed by atoms with E-state index in [1.165, 1.54) is 0 Å². The lowest BCUT2D eigenvalue weighted by Gasteiger charge is -1.82. The molecule has 0 aliphatic rings. The fraction of sp³-hybridized carbons (Fsp3) is 0. The van der Waals surface area contributed by atoms with Crippen molar-refractivity contribution in [2.24, 2.45) is 0 Å². The maximum atomic E-state index is 9.70. The molecule has 0 rings (SSSR count). The van der Waals surface area contributed by atoms with E-state index in [2.05, 4.69) is 0 Å². The Balaban J connectivity index is -0.000000179. The number of nitrogens with one attached hydrogen (secondary N) is 1. The van der Waals surface area contributed by atoms with E-state index < -0.39 is 21.1 Å². The van der Waals surface area contributed by atoms with Crippen LogP contribution in [-0.4, -0.2) is 37.8 Å². The summed E-state index contributed by atoms with van der Waals surface area (Å²) in [5, 5.41) is 35.5. The summed E-state index contributed by atoms with van der Waals surface area (Å²) >= 11 is 0. The number of hydrogen-bond donors (Lipinski definition) is 3. The Morgan fingerprint density at radius 1 is 1.06 bits per heavy atom. The number of nitrogens with zero attached hydrogens (tertiary/aromatic N) is 3. The van der Waals surface area contributed by atoms with E-state index in [9.17, 15) is 19.7 Å². The van der Waals surface area contributed by atoms with Gasteiger partial charge in [0.2, 0.25) is 6.29 Å². The van der Waals surface area contributed by atoms with Gasteiger partial charge in [-0.05, 0) is 0 Å². The van der Waals surface area contributed by atoms with Crippen LogP contribution in [0, 0.1) is 30.3 Å². The normalized spacial score (nSPS) is 6.75. The molecule has 0 aromatic rings. The largest absolute Gasteiger partial charge is 0.342 e. The summed E-state index contributed by atoms with van der Waals surface area (Å²) in [7, 11) is 0. The summed E-state index contributed by atoms with van der Waals surface area (Å²) in [6, 6.07) is 0. The molecule has 0 saturated heterocycles. The molecule has 0 unspecified atom stereocenters. The van der Waals surface area contributed by atoms with Crippen LogP contribution in [0.15, 0.2) is 0 Å². The van der Waals surface area contributed by atoms with Crippen molar-refractivity contribution in [2.75, 3.05) is 0 Å². The molecular weight excluding hydrogens is 240 g/mol. The number of hydrazine groups is 1. The van der Waals surface area contributed by atoms with Crippen LogP contribution in [0.25, 0.3) is 0 Å². The Morgan fingerprint density at radius 2 is 1.31 bits per heavy atom. The van der Waals surface area contributed by atoms with Gasteiger partial charge in [-0.25, -0.2) is 10.1 Å². The lowest BCUT2D eigenvalue weighted by molar-refractivity contribution is -0.742. The summed E-state index contributed by atoms with van der Waals surface area (Å²) in [5.41, 5.74) is 1.11. The van der Waals surface area contributed by atoms with Gasteiger partial charge >= 0.3 is 5.91 Å². The molecule has 0 aliphatic heterocycles. The maximum Gasteiger partial charge on any atom is 0.342 e. The van der Waals surface area contributed by atoms with Gasteiger partial charge in [0.25, 0.3) is 10.2 Å². The number of aldehydes is 1. The minimum Gasteiger partial charge on any atom is -0.328 e. The molecule has 0 aromatic carbocycles. The molecule has 0 aromatic heterocycles. The molecule has 0 spiro atoms. The smallest absolute Gasteiger partial charge is 0.328 e. The first kappa shape index (κ1) is 18.7. The van der Waals surface area contributed by atoms with Gasteiger partial charge in [-0.15, -0.1) is 20.2 Å². The highest BCUT2D eigenvalue weighted by Crippen LogP contribution is 1.55. The molecule has 1 amide bonds. The van der Waals surface area contributed by atoms with E-state index in [-0.39, 0.29) is 6.29 Å². The number of carbonyl (C=O) groups is 2. The zero-order valence-electron chi connectivity index (χ0n) is 7.08. The van der Waals surface area contributed by atoms with Gasteiger partial charge in [0.1, 0.15) is 0 Å². The zero-order valence-corrected chi connectivity index (χ0v) is 7.08. The second-order valence-electron chi connectivity index (χ2n) is 1.33. The molecule has 16 heavy (non-hydrogen) atoms. The second-order valence-corrected chi connectivity index (χ2v) is 1.33. The van der Waals surface area contributed by atoms with Crippen LogP contribution in [0.1, 0.15) is 0 Å². The Kier molecular flexibility index (Phi) is 13.9. The van der Waals surface area contributed by atoms with E-state index in [1.807, 2.05) is 0 Å². The van der Waals surface area contributed by atoms with Gasteiger partial charge in [0.05, 0.1) is 0 Å². The third-order valence-electron chi connectivity index (χ3n) is 0.309. The van der Waals surface area contributed by atoms with Crippen molar-refractivity contribution < 1.29 is 35.2 Å². The summed E-state index contributed by atoms with van der Waals surface area (Å²) in [6.45, 7) is 0. The van der Waals surface area contributed by atoms with Gasteiger partial charge in [0.15, 0.2) is 5.03 Å². The van der Waals surface area contributed by atoms with Crippen LogP contribution in [-0.2, 0) is 9.59 Å². The second kappa shape index (κ2) is 11.9. The Labute approximate surface area is 84.4 Å². The molecule has 0 aliphatic carbocycles. The Morgan fingerprint density at radius 3 is 1.38 bits per heavy atom. The molecule has 0 radical (unpaired) electrons. The summed E-state index contributed by atoms with van der Waals surface area (Å²) < 4.78 is 0. The highest BCUT2D eigenvalue weighted by atomic mass is 16.9. The quantitative estimate of drug-likeness (QED) is 0.206. The number of amides is 1. The standard InChI is InChI=1S/C2H2N2O4.2HNO3/c5-1-2(6)3-4(7)8;2*2-1(3)4/h1H,(H,3,6);2*(H,2,3,4). The molecule has 14 heteroatoms. The molecule has 92 valence electrons. The molecular formula is C2H4N4O10. The van der Waals surface area contributed by atoms with Crippen LogP contribution >= 0.6 is 0 Å². The minimum atomic E-state index is -1.50. The van der Waals surface area contributed by atoms with Crippen LogP contribution in [0.4, 0.5) is 0 Å². The van der Waals surface area contributed by atoms with Crippen molar-refractivity contribution in [3.8, 4) is 0 Å². The highest BCUT2D eigenvalue weighted by molar-refractivity contribution is 6.23. The van der Waals surface area contributed by atoms with Crippen LogP contribution in [0.5, 0.6) is 0 Å². The summed E-state index contributed by atoms with van der Waals surface area (Å²) in [4.78, 5) is 45.0. The maximum absolute atomic E-state index is 9.70. The Bertz CT molecular complexity index is 252. The summed E-state index contributed by atoms with van der Waals surface area (Å²) in [6.07, 6.45) is -0.178. The monoisotopic (exact) mass is 244 g/mol. The SMILES string of the molecule is O=CC(=O)N[N+](=O)[O-].O=[N+]([O-])O.O=[N+]([O-])O. The van der Waals surface area contributed by atoms with E-state index in [4.69, 9.17) is 30.6 Å². The van der Waals surface area contributed by atoms with Gasteiger partial charge in [-0.1, -0.05) is 5.43 Å². The fourth-order valence-electron chi connectivity index (χ4n) is 0.116. The first-order valence-electron chi connectivity index (χ1n) is 2.70. The Hall–Kier alpha value is -3.06. The van der Waals surface area contributed by atoms with Gasteiger partial charge in [0, 0.05) is 0 Å². The van der Waals surface area contributed by atoms with Crippen molar-refractivity contribution in [1.82, 2.24) is 5.43 Å². The lowest BCUT2D eigenvalue weighted by Crippen LogP contribution is -2.29. The van der Waals surface area contributed by atoms with Crippen LogP contribution in [0.2, 0.25) is 0 Å². The lowest BCUT2D eigenvalue weighted by atomic mass is 10.7. The fourth-order valence-corrected chi connectivity index (χ4v) is 0.116. The zero-order chi connectivity index (χ0) is 13.7. The molecule has 0 saturated carbocycles. The molecule has 0 bridgehead atoms. The van der Waals surface area contributed by atoms with Crippen LogP contribution < -0.4 is 5.43 Å². The average molecular weight is 244 g/mol. The summed E-state index contributed by atoms with van der Waals surface area (Å²) in [5.74, 6) is -1.25. The van der Waals surface area contributed by atoms with E-state index >= 15 is 0 Å². The first-order valence-corrected chi connectivity index (χ1v) is 2.70. The molecule has 3 N–H and O–H groups in total. The van der Waals surface area contributed by atoms with E-state index in [1.54, 1.807) is 0 Å². The van der Waals surface area contributed by atoms with Crippen LogP contribution in [0.3, 0.4) is 0 Å². The number of carbonyl (C=O) groups excluding carboxylic acids is 2. The molecule has 0 atom stereocenters. The third-order valence-corrected chi connectivity index (χ3v) is 0.309.